The van der Waals surface area contributed by atoms with Gasteiger partial charge in [-0.3, -0.25) is 9.59 Å². The summed E-state index contributed by atoms with van der Waals surface area (Å²) in [6.45, 7) is 9.08. The molecule has 2 atom stereocenters. The zero-order chi connectivity index (χ0) is 15.4. The van der Waals surface area contributed by atoms with Crippen LogP contribution in [-0.2, 0) is 9.59 Å². The smallest absolute Gasteiger partial charge is 0.308 e. The Bertz CT molecular complexity index is 355. The molecule has 1 aliphatic heterocycles. The standard InChI is InChI=1S/C15H28N2O3/c1-5-15(7-6-8-17-15)13(20)16-10-11(12(18)19)9-14(2,3)4/h11,17H,5-10H2,1-4H3,(H,16,20)(H,18,19). The second-order valence-electron chi connectivity index (χ2n) is 6.98. The topological polar surface area (TPSA) is 78.4 Å². The monoisotopic (exact) mass is 284 g/mol. The second kappa shape index (κ2) is 6.57. The van der Waals surface area contributed by atoms with Gasteiger partial charge in [-0.1, -0.05) is 27.7 Å². The third kappa shape index (κ3) is 4.47. The number of carbonyl (C=O) groups is 2. The molecule has 0 aliphatic carbocycles. The van der Waals surface area contributed by atoms with Gasteiger partial charge in [0.15, 0.2) is 0 Å². The van der Waals surface area contributed by atoms with Crippen LogP contribution in [0, 0.1) is 11.3 Å². The Morgan fingerprint density at radius 3 is 2.45 bits per heavy atom. The van der Waals surface area contributed by atoms with Crippen molar-refractivity contribution in [2.45, 2.75) is 58.9 Å². The molecule has 5 nitrogen and oxygen atoms in total. The van der Waals surface area contributed by atoms with Crippen molar-refractivity contribution < 1.29 is 14.7 Å². The van der Waals surface area contributed by atoms with Gasteiger partial charge in [-0.2, -0.15) is 0 Å². The molecular weight excluding hydrogens is 256 g/mol. The van der Waals surface area contributed by atoms with Crippen LogP contribution in [0.3, 0.4) is 0 Å². The number of hydrogen-bond donors (Lipinski definition) is 3. The molecule has 1 fully saturated rings. The summed E-state index contributed by atoms with van der Waals surface area (Å²) in [4.78, 5) is 23.6. The van der Waals surface area contributed by atoms with E-state index >= 15 is 0 Å². The van der Waals surface area contributed by atoms with Crippen molar-refractivity contribution in [1.29, 1.82) is 0 Å². The summed E-state index contributed by atoms with van der Waals surface area (Å²) in [5.74, 6) is -1.43. The second-order valence-corrected chi connectivity index (χ2v) is 6.98. The van der Waals surface area contributed by atoms with Crippen LogP contribution < -0.4 is 10.6 Å². The molecule has 5 heteroatoms. The Kier molecular flexibility index (Phi) is 5.57. The molecule has 0 aromatic heterocycles. The molecule has 0 spiro atoms. The first kappa shape index (κ1) is 17.0. The van der Waals surface area contributed by atoms with Gasteiger partial charge < -0.3 is 15.7 Å². The molecule has 0 aromatic carbocycles. The molecule has 0 radical (unpaired) electrons. The van der Waals surface area contributed by atoms with E-state index in [1.54, 1.807) is 0 Å². The van der Waals surface area contributed by atoms with E-state index in [1.807, 2.05) is 27.7 Å². The summed E-state index contributed by atoms with van der Waals surface area (Å²) in [6, 6.07) is 0. The maximum Gasteiger partial charge on any atom is 0.308 e. The van der Waals surface area contributed by atoms with E-state index in [-0.39, 0.29) is 17.9 Å². The van der Waals surface area contributed by atoms with Crippen molar-refractivity contribution in [2.75, 3.05) is 13.1 Å². The van der Waals surface area contributed by atoms with Gasteiger partial charge in [-0.15, -0.1) is 0 Å². The third-order valence-electron chi connectivity index (χ3n) is 4.00. The Morgan fingerprint density at radius 1 is 1.40 bits per heavy atom. The quantitative estimate of drug-likeness (QED) is 0.694. The van der Waals surface area contributed by atoms with Gasteiger partial charge in [-0.25, -0.2) is 0 Å². The van der Waals surface area contributed by atoms with Gasteiger partial charge in [0.1, 0.15) is 0 Å². The Hall–Kier alpha value is -1.10. The van der Waals surface area contributed by atoms with Crippen molar-refractivity contribution >= 4 is 11.9 Å². The van der Waals surface area contributed by atoms with Gasteiger partial charge in [0.25, 0.3) is 0 Å². The Labute approximate surface area is 121 Å². The lowest BCUT2D eigenvalue weighted by Gasteiger charge is -2.28. The van der Waals surface area contributed by atoms with Gasteiger partial charge in [0.2, 0.25) is 5.91 Å². The molecule has 0 aromatic rings. The first-order valence-corrected chi connectivity index (χ1v) is 7.46. The van der Waals surface area contributed by atoms with Crippen molar-refractivity contribution in [3.8, 4) is 0 Å². The number of carboxylic acids is 1. The molecule has 1 rings (SSSR count). The van der Waals surface area contributed by atoms with Crippen LogP contribution in [0.2, 0.25) is 0 Å². The highest BCUT2D eigenvalue weighted by Crippen LogP contribution is 2.26. The van der Waals surface area contributed by atoms with E-state index in [4.69, 9.17) is 0 Å². The first-order chi connectivity index (χ1) is 9.20. The van der Waals surface area contributed by atoms with Crippen LogP contribution >= 0.6 is 0 Å². The largest absolute Gasteiger partial charge is 0.481 e. The van der Waals surface area contributed by atoms with Crippen LogP contribution in [0.4, 0.5) is 0 Å². The molecule has 1 aliphatic rings. The van der Waals surface area contributed by atoms with E-state index in [0.717, 1.165) is 25.8 Å². The lowest BCUT2D eigenvalue weighted by Crippen LogP contribution is -2.54. The molecule has 3 N–H and O–H groups in total. The van der Waals surface area contributed by atoms with E-state index in [9.17, 15) is 14.7 Å². The van der Waals surface area contributed by atoms with E-state index in [2.05, 4.69) is 10.6 Å². The van der Waals surface area contributed by atoms with E-state index in [1.165, 1.54) is 0 Å². The average Bonchev–Trinajstić information content (AvgIpc) is 2.82. The highest BCUT2D eigenvalue weighted by atomic mass is 16.4. The highest BCUT2D eigenvalue weighted by Gasteiger charge is 2.39. The number of carboxylic acid groups (broad SMARTS) is 1. The maximum atomic E-state index is 12.3. The Balaban J connectivity index is 2.59. The summed E-state index contributed by atoms with van der Waals surface area (Å²) < 4.78 is 0. The number of hydrogen-bond acceptors (Lipinski definition) is 3. The molecule has 0 bridgehead atoms. The Morgan fingerprint density at radius 2 is 2.05 bits per heavy atom. The molecular formula is C15H28N2O3. The summed E-state index contributed by atoms with van der Waals surface area (Å²) in [6.07, 6.45) is 3.10. The summed E-state index contributed by atoms with van der Waals surface area (Å²) in [5.41, 5.74) is -0.563. The van der Waals surface area contributed by atoms with Gasteiger partial charge in [0, 0.05) is 6.54 Å². The highest BCUT2D eigenvalue weighted by molar-refractivity contribution is 5.87. The number of rotatable bonds is 6. The van der Waals surface area contributed by atoms with Crippen molar-refractivity contribution in [2.24, 2.45) is 11.3 Å². The molecule has 20 heavy (non-hydrogen) atoms. The summed E-state index contributed by atoms with van der Waals surface area (Å²) in [5, 5.41) is 15.4. The third-order valence-corrected chi connectivity index (χ3v) is 4.00. The van der Waals surface area contributed by atoms with Crippen LogP contribution in [0.15, 0.2) is 0 Å². The number of carbonyl (C=O) groups excluding carboxylic acids is 1. The van der Waals surface area contributed by atoms with Gasteiger partial charge >= 0.3 is 5.97 Å². The molecule has 2 unspecified atom stereocenters. The molecule has 116 valence electrons. The van der Waals surface area contributed by atoms with Gasteiger partial charge in [0.05, 0.1) is 11.5 Å². The lowest BCUT2D eigenvalue weighted by atomic mass is 9.84. The van der Waals surface area contributed by atoms with Gasteiger partial charge in [-0.05, 0) is 37.6 Å². The lowest BCUT2D eigenvalue weighted by molar-refractivity contribution is -0.142. The maximum absolute atomic E-state index is 12.3. The van der Waals surface area contributed by atoms with E-state index in [0.29, 0.717) is 6.42 Å². The minimum absolute atomic E-state index is 0.0577. The molecule has 0 saturated carbocycles. The minimum atomic E-state index is -0.842. The predicted octanol–water partition coefficient (Wildman–Crippen LogP) is 1.77. The number of aliphatic carboxylic acids is 1. The van der Waals surface area contributed by atoms with Crippen LogP contribution in [-0.4, -0.2) is 35.6 Å². The fourth-order valence-electron chi connectivity index (χ4n) is 2.83. The summed E-state index contributed by atoms with van der Waals surface area (Å²) in [7, 11) is 0. The van der Waals surface area contributed by atoms with Crippen molar-refractivity contribution in [3.63, 3.8) is 0 Å². The van der Waals surface area contributed by atoms with Crippen LogP contribution in [0.5, 0.6) is 0 Å². The predicted molar refractivity (Wildman–Crippen MR) is 78.5 cm³/mol. The average molecular weight is 284 g/mol. The molecule has 1 saturated heterocycles. The SMILES string of the molecule is CCC1(C(=O)NCC(CC(C)(C)C)C(=O)O)CCCN1. The zero-order valence-electron chi connectivity index (χ0n) is 13.1. The zero-order valence-corrected chi connectivity index (χ0v) is 13.1. The fraction of sp³-hybridized carbons (Fsp3) is 0.867. The fourth-order valence-corrected chi connectivity index (χ4v) is 2.83. The normalized spacial score (nSPS) is 24.4. The molecule has 1 heterocycles. The first-order valence-electron chi connectivity index (χ1n) is 7.46. The van der Waals surface area contributed by atoms with Crippen LogP contribution in [0.1, 0.15) is 53.4 Å². The number of amides is 1. The van der Waals surface area contributed by atoms with Crippen molar-refractivity contribution in [3.05, 3.63) is 0 Å². The summed E-state index contributed by atoms with van der Waals surface area (Å²) >= 11 is 0. The minimum Gasteiger partial charge on any atom is -0.481 e. The van der Waals surface area contributed by atoms with Crippen LogP contribution in [0.25, 0.3) is 0 Å². The van der Waals surface area contributed by atoms with E-state index < -0.39 is 17.4 Å². The number of nitrogens with one attached hydrogen (secondary N) is 2. The molecule has 1 amide bonds. The van der Waals surface area contributed by atoms with Crippen molar-refractivity contribution in [1.82, 2.24) is 10.6 Å².